The highest BCUT2D eigenvalue weighted by Crippen LogP contribution is 2.44. The van der Waals surface area contributed by atoms with Gasteiger partial charge in [0, 0.05) is 30.8 Å². The minimum atomic E-state index is 0. The first-order chi connectivity index (χ1) is 20.1. The third-order valence-electron chi connectivity index (χ3n) is 10.9. The van der Waals surface area contributed by atoms with Crippen LogP contribution in [0.2, 0.25) is 0 Å². The van der Waals surface area contributed by atoms with Crippen molar-refractivity contribution >= 4 is 80.6 Å². The van der Waals surface area contributed by atoms with Gasteiger partial charge in [-0.1, -0.05) is 106 Å². The van der Waals surface area contributed by atoms with E-state index >= 15 is 0 Å². The molecule has 5 rings (SSSR count). The highest BCUT2D eigenvalue weighted by Gasteiger charge is 2.43. The average Bonchev–Trinajstić information content (AvgIpc) is 3.50. The van der Waals surface area contributed by atoms with Crippen molar-refractivity contribution in [3.8, 4) is 0 Å². The van der Waals surface area contributed by atoms with Gasteiger partial charge in [-0.15, -0.1) is 11.8 Å². The van der Waals surface area contributed by atoms with Gasteiger partial charge in [-0.3, -0.25) is 0 Å². The molecule has 0 spiro atoms. The third kappa shape index (κ3) is 6.85. The first-order valence-electron chi connectivity index (χ1n) is 16.5. The SMILES string of the molecule is CCC(C)(CCCCC(CCCCC(C)(CC)N1C(=S)C=C2SCCC2C1=S)C1=C[CH]1)N1C(=S)C=C2CCCC2C1=S.[HH]. The first-order valence-corrected chi connectivity index (χ1v) is 19.1. The molecule has 3 heterocycles. The number of hydrogen-bond donors (Lipinski definition) is 0. The average molecular weight is 660 g/mol. The number of allylic oxidation sites excluding steroid dienone is 2. The lowest BCUT2D eigenvalue weighted by Gasteiger charge is -2.46. The molecule has 0 bridgehead atoms. The van der Waals surface area contributed by atoms with Crippen LogP contribution in [0, 0.1) is 24.2 Å². The smallest absolute Gasteiger partial charge is 0.108 e. The number of rotatable bonds is 15. The molecule has 0 N–H and O–H groups in total. The molecule has 5 atom stereocenters. The van der Waals surface area contributed by atoms with E-state index in [0.29, 0.717) is 17.8 Å². The Balaban J connectivity index is 0.00000423. The van der Waals surface area contributed by atoms with Crippen LogP contribution in [0.4, 0.5) is 0 Å². The summed E-state index contributed by atoms with van der Waals surface area (Å²) in [5, 5.41) is 0. The van der Waals surface area contributed by atoms with Crippen LogP contribution >= 0.6 is 60.6 Å². The van der Waals surface area contributed by atoms with Crippen LogP contribution < -0.4 is 0 Å². The topological polar surface area (TPSA) is 6.48 Å². The molecule has 0 aromatic heterocycles. The van der Waals surface area contributed by atoms with E-state index in [4.69, 9.17) is 48.9 Å². The second kappa shape index (κ2) is 13.9. The summed E-state index contributed by atoms with van der Waals surface area (Å²) >= 11 is 25.8. The van der Waals surface area contributed by atoms with Crippen LogP contribution in [-0.4, -0.2) is 46.6 Å². The van der Waals surface area contributed by atoms with Crippen LogP contribution in [0.1, 0.15) is 119 Å². The van der Waals surface area contributed by atoms with E-state index in [-0.39, 0.29) is 12.5 Å². The van der Waals surface area contributed by atoms with Crippen molar-refractivity contribution in [3.05, 3.63) is 40.7 Å². The Morgan fingerprint density at radius 2 is 1.43 bits per heavy atom. The fourth-order valence-electron chi connectivity index (χ4n) is 7.74. The minimum Gasteiger partial charge on any atom is -0.321 e. The number of hydrogen-bond acceptors (Lipinski definition) is 5. The van der Waals surface area contributed by atoms with Gasteiger partial charge in [-0.05, 0) is 107 Å². The summed E-state index contributed by atoms with van der Waals surface area (Å²) in [6.07, 6.45) is 25.9. The Labute approximate surface area is 283 Å². The Morgan fingerprint density at radius 1 is 0.857 bits per heavy atom. The quantitative estimate of drug-likeness (QED) is 0.126. The van der Waals surface area contributed by atoms with Gasteiger partial charge in [-0.25, -0.2) is 0 Å². The molecule has 0 amide bonds. The van der Waals surface area contributed by atoms with Crippen molar-refractivity contribution in [2.75, 3.05) is 5.75 Å². The molecule has 2 nitrogen and oxygen atoms in total. The summed E-state index contributed by atoms with van der Waals surface area (Å²) in [6, 6.07) is 0. The van der Waals surface area contributed by atoms with E-state index in [9.17, 15) is 0 Å². The maximum Gasteiger partial charge on any atom is 0.108 e. The maximum atomic E-state index is 6.05. The zero-order chi connectivity index (χ0) is 30.1. The van der Waals surface area contributed by atoms with Crippen molar-refractivity contribution in [1.29, 1.82) is 0 Å². The van der Waals surface area contributed by atoms with Crippen molar-refractivity contribution in [1.82, 2.24) is 9.80 Å². The van der Waals surface area contributed by atoms with Crippen molar-refractivity contribution in [2.24, 2.45) is 17.8 Å². The third-order valence-corrected chi connectivity index (χ3v) is 13.7. The second-order valence-electron chi connectivity index (χ2n) is 13.6. The number of nitrogens with zero attached hydrogens (tertiary/aromatic N) is 2. The van der Waals surface area contributed by atoms with Crippen LogP contribution in [0.25, 0.3) is 0 Å². The van der Waals surface area contributed by atoms with Gasteiger partial charge in [0.05, 0.1) is 9.98 Å². The monoisotopic (exact) mass is 659 g/mol. The summed E-state index contributed by atoms with van der Waals surface area (Å²) in [5.74, 6) is 2.73. The van der Waals surface area contributed by atoms with Crippen LogP contribution in [-0.2, 0) is 0 Å². The zero-order valence-electron chi connectivity index (χ0n) is 26.1. The number of thioether (sulfide) groups is 1. The van der Waals surface area contributed by atoms with Crippen LogP contribution in [0.3, 0.4) is 0 Å². The maximum absolute atomic E-state index is 6.05. The highest BCUT2D eigenvalue weighted by molar-refractivity contribution is 8.03. The molecule has 5 aliphatic rings. The molecule has 0 aromatic rings. The largest absolute Gasteiger partial charge is 0.321 e. The van der Waals surface area contributed by atoms with Crippen molar-refractivity contribution < 1.29 is 1.43 Å². The summed E-state index contributed by atoms with van der Waals surface area (Å²) in [5.41, 5.74) is 3.10. The van der Waals surface area contributed by atoms with Gasteiger partial charge in [0.2, 0.25) is 0 Å². The van der Waals surface area contributed by atoms with Gasteiger partial charge >= 0.3 is 0 Å². The van der Waals surface area contributed by atoms with Gasteiger partial charge < -0.3 is 9.80 Å². The summed E-state index contributed by atoms with van der Waals surface area (Å²) < 4.78 is 0. The Morgan fingerprint density at radius 3 is 2.00 bits per heavy atom. The Bertz CT molecular complexity index is 1120. The van der Waals surface area contributed by atoms with Crippen LogP contribution in [0.15, 0.2) is 34.3 Å². The molecule has 0 aromatic carbocycles. The molecule has 1 saturated carbocycles. The summed E-state index contributed by atoms with van der Waals surface area (Å²) in [4.78, 5) is 10.2. The highest BCUT2D eigenvalue weighted by atomic mass is 32.2. The van der Waals surface area contributed by atoms with Crippen LogP contribution in [0.5, 0.6) is 0 Å². The summed E-state index contributed by atoms with van der Waals surface area (Å²) in [6.45, 7) is 9.38. The lowest BCUT2D eigenvalue weighted by molar-refractivity contribution is 0.236. The fraction of sp³-hybridized carbons (Fsp3) is 0.686. The lowest BCUT2D eigenvalue weighted by atomic mass is 9.84. The van der Waals surface area contributed by atoms with E-state index in [2.05, 4.69) is 62.1 Å². The molecular weight excluding hydrogens is 609 g/mol. The molecule has 2 fully saturated rings. The second-order valence-corrected chi connectivity index (χ2v) is 16.5. The normalized spacial score (nSPS) is 27.2. The molecule has 231 valence electrons. The van der Waals surface area contributed by atoms with E-state index in [0.717, 1.165) is 52.1 Å². The Kier molecular flexibility index (Phi) is 10.9. The fourth-order valence-corrected chi connectivity index (χ4v) is 11.3. The molecule has 2 aliphatic carbocycles. The van der Waals surface area contributed by atoms with Crippen molar-refractivity contribution in [3.63, 3.8) is 0 Å². The number of fused-ring (bicyclic) bond motifs is 2. The predicted molar refractivity (Wildman–Crippen MR) is 200 cm³/mol. The van der Waals surface area contributed by atoms with E-state index in [1.54, 1.807) is 5.57 Å². The van der Waals surface area contributed by atoms with Gasteiger partial charge in [0.1, 0.15) is 9.98 Å². The van der Waals surface area contributed by atoms with Gasteiger partial charge in [0.25, 0.3) is 0 Å². The minimum absolute atomic E-state index is 0. The predicted octanol–water partition coefficient (Wildman–Crippen LogP) is 10.8. The summed E-state index contributed by atoms with van der Waals surface area (Å²) in [7, 11) is 0. The zero-order valence-corrected chi connectivity index (χ0v) is 30.2. The molecular formula is C35H51N2S5. The van der Waals surface area contributed by atoms with E-state index in [1.165, 1.54) is 74.0 Å². The first kappa shape index (κ1) is 32.9. The standard InChI is InChI=1S/C35H49N2S5.H2/c1-5-34(3,36-30(38)22-26-14-11-15-27(26)32(36)40)19-9-7-12-24(25-16-17-25)13-8-10-20-35(4,6-2)37-31(39)23-29-28(33(37)41)18-21-42-29;/h16-17,22-24,27-28H,5-15,18-21H2,1-4H3;1H. The van der Waals surface area contributed by atoms with Gasteiger partial charge in [-0.2, -0.15) is 0 Å². The van der Waals surface area contributed by atoms with E-state index < -0.39 is 0 Å². The molecule has 1 saturated heterocycles. The van der Waals surface area contributed by atoms with Gasteiger partial charge in [0.15, 0.2) is 0 Å². The lowest BCUT2D eigenvalue weighted by Crippen LogP contribution is -2.54. The molecule has 7 heteroatoms. The van der Waals surface area contributed by atoms with E-state index in [1.807, 2.05) is 11.8 Å². The molecule has 5 unspecified atom stereocenters. The molecule has 3 aliphatic heterocycles. The number of thiocarbonyl (C=S) groups is 4. The number of unbranched alkanes of at least 4 members (excludes halogenated alkanes) is 2. The van der Waals surface area contributed by atoms with Crippen molar-refractivity contribution in [2.45, 2.75) is 129 Å². The Hall–Kier alpha value is -0.470. The molecule has 1 radical (unpaired) electrons. The molecule has 42 heavy (non-hydrogen) atoms.